The van der Waals surface area contributed by atoms with Gasteiger partial charge in [0.15, 0.2) is 0 Å². The maximum absolute atomic E-state index is 13.7. The minimum atomic E-state index is -0.134. The SMILES string of the molecule is CCNCc1ccccc1CN(C)Cc1ccccc1F. The Morgan fingerprint density at radius 3 is 2.14 bits per heavy atom. The van der Waals surface area contributed by atoms with Crippen molar-refractivity contribution in [3.63, 3.8) is 0 Å². The smallest absolute Gasteiger partial charge is 0.127 e. The molecule has 0 saturated carbocycles. The molecule has 2 rings (SSSR count). The summed E-state index contributed by atoms with van der Waals surface area (Å²) >= 11 is 0. The first-order valence-electron chi connectivity index (χ1n) is 7.40. The van der Waals surface area contributed by atoms with Gasteiger partial charge in [-0.15, -0.1) is 0 Å². The van der Waals surface area contributed by atoms with Gasteiger partial charge in [-0.2, -0.15) is 0 Å². The fourth-order valence-electron chi connectivity index (χ4n) is 2.41. The van der Waals surface area contributed by atoms with E-state index in [9.17, 15) is 4.39 Å². The molecule has 0 aliphatic rings. The van der Waals surface area contributed by atoms with Crippen LogP contribution < -0.4 is 5.32 Å². The lowest BCUT2D eigenvalue weighted by Gasteiger charge is -2.19. The van der Waals surface area contributed by atoms with Crippen LogP contribution in [0.25, 0.3) is 0 Å². The highest BCUT2D eigenvalue weighted by Crippen LogP contribution is 2.14. The van der Waals surface area contributed by atoms with Crippen molar-refractivity contribution < 1.29 is 4.39 Å². The first-order valence-corrected chi connectivity index (χ1v) is 7.40. The number of nitrogens with zero attached hydrogens (tertiary/aromatic N) is 1. The highest BCUT2D eigenvalue weighted by Gasteiger charge is 2.08. The topological polar surface area (TPSA) is 15.3 Å². The molecule has 0 saturated heterocycles. The maximum atomic E-state index is 13.7. The van der Waals surface area contributed by atoms with Gasteiger partial charge in [-0.3, -0.25) is 4.90 Å². The lowest BCUT2D eigenvalue weighted by atomic mass is 10.1. The predicted molar refractivity (Wildman–Crippen MR) is 85.4 cm³/mol. The second-order valence-electron chi connectivity index (χ2n) is 5.31. The summed E-state index contributed by atoms with van der Waals surface area (Å²) in [5.41, 5.74) is 3.33. The van der Waals surface area contributed by atoms with E-state index in [0.29, 0.717) is 6.54 Å². The van der Waals surface area contributed by atoms with E-state index < -0.39 is 0 Å². The van der Waals surface area contributed by atoms with Crippen molar-refractivity contribution in [2.45, 2.75) is 26.6 Å². The molecule has 0 aromatic heterocycles. The maximum Gasteiger partial charge on any atom is 0.127 e. The molecule has 0 heterocycles. The number of rotatable bonds is 7. The summed E-state index contributed by atoms with van der Waals surface area (Å²) in [6.07, 6.45) is 0. The van der Waals surface area contributed by atoms with Crippen LogP contribution >= 0.6 is 0 Å². The average Bonchev–Trinajstić information content (AvgIpc) is 2.49. The van der Waals surface area contributed by atoms with Gasteiger partial charge in [0, 0.05) is 25.2 Å². The van der Waals surface area contributed by atoms with Gasteiger partial charge in [-0.25, -0.2) is 4.39 Å². The molecule has 0 bridgehead atoms. The largest absolute Gasteiger partial charge is 0.313 e. The summed E-state index contributed by atoms with van der Waals surface area (Å²) in [6, 6.07) is 15.4. The predicted octanol–water partition coefficient (Wildman–Crippen LogP) is 3.57. The Bertz CT molecular complexity index is 569. The van der Waals surface area contributed by atoms with Crippen molar-refractivity contribution in [3.8, 4) is 0 Å². The third-order valence-corrected chi connectivity index (χ3v) is 3.52. The number of benzene rings is 2. The highest BCUT2D eigenvalue weighted by molar-refractivity contribution is 5.27. The summed E-state index contributed by atoms with van der Waals surface area (Å²) in [4.78, 5) is 2.14. The molecule has 1 N–H and O–H groups in total. The highest BCUT2D eigenvalue weighted by atomic mass is 19.1. The average molecular weight is 286 g/mol. The quantitative estimate of drug-likeness (QED) is 0.837. The number of halogens is 1. The van der Waals surface area contributed by atoms with Gasteiger partial charge in [-0.1, -0.05) is 49.4 Å². The molecule has 0 aliphatic carbocycles. The molecule has 0 unspecified atom stereocenters. The van der Waals surface area contributed by atoms with Crippen LogP contribution in [0, 0.1) is 5.82 Å². The zero-order valence-corrected chi connectivity index (χ0v) is 12.8. The molecular weight excluding hydrogens is 263 g/mol. The molecule has 2 aromatic carbocycles. The summed E-state index contributed by atoms with van der Waals surface area (Å²) in [5, 5.41) is 3.36. The Balaban J connectivity index is 2.02. The molecule has 0 aliphatic heterocycles. The van der Waals surface area contributed by atoms with Crippen LogP contribution in [0.1, 0.15) is 23.6 Å². The van der Waals surface area contributed by atoms with Gasteiger partial charge in [-0.05, 0) is 30.8 Å². The molecule has 3 heteroatoms. The number of hydrogen-bond donors (Lipinski definition) is 1. The van der Waals surface area contributed by atoms with Crippen LogP contribution in [0.4, 0.5) is 4.39 Å². The molecule has 2 aromatic rings. The summed E-state index contributed by atoms with van der Waals surface area (Å²) in [6.45, 7) is 5.37. The van der Waals surface area contributed by atoms with Gasteiger partial charge in [0.1, 0.15) is 5.82 Å². The van der Waals surface area contributed by atoms with E-state index in [0.717, 1.165) is 25.2 Å². The van der Waals surface area contributed by atoms with Crippen LogP contribution in [0.3, 0.4) is 0 Å². The van der Waals surface area contributed by atoms with E-state index in [1.807, 2.05) is 19.2 Å². The van der Waals surface area contributed by atoms with E-state index in [-0.39, 0.29) is 5.82 Å². The van der Waals surface area contributed by atoms with Gasteiger partial charge in [0.2, 0.25) is 0 Å². The van der Waals surface area contributed by atoms with Crippen LogP contribution in [0.2, 0.25) is 0 Å². The van der Waals surface area contributed by atoms with Crippen molar-refractivity contribution >= 4 is 0 Å². The summed E-state index contributed by atoms with van der Waals surface area (Å²) < 4.78 is 13.7. The van der Waals surface area contributed by atoms with E-state index >= 15 is 0 Å². The molecule has 0 amide bonds. The lowest BCUT2D eigenvalue weighted by molar-refractivity contribution is 0.312. The fraction of sp³-hybridized carbons (Fsp3) is 0.333. The first kappa shape index (κ1) is 15.7. The van der Waals surface area contributed by atoms with Crippen LogP contribution in [0.5, 0.6) is 0 Å². The zero-order valence-electron chi connectivity index (χ0n) is 12.8. The normalized spacial score (nSPS) is 11.0. The van der Waals surface area contributed by atoms with Gasteiger partial charge >= 0.3 is 0 Å². The Hall–Kier alpha value is -1.71. The molecule has 0 atom stereocenters. The summed E-state index contributed by atoms with van der Waals surface area (Å²) in [5.74, 6) is -0.134. The van der Waals surface area contributed by atoms with Crippen LogP contribution in [-0.4, -0.2) is 18.5 Å². The van der Waals surface area contributed by atoms with Gasteiger partial charge < -0.3 is 5.32 Å². The van der Waals surface area contributed by atoms with E-state index in [2.05, 4.69) is 41.4 Å². The Morgan fingerprint density at radius 2 is 1.48 bits per heavy atom. The van der Waals surface area contributed by atoms with E-state index in [1.54, 1.807) is 6.07 Å². The molecule has 21 heavy (non-hydrogen) atoms. The zero-order chi connectivity index (χ0) is 15.1. The van der Waals surface area contributed by atoms with Gasteiger partial charge in [0.05, 0.1) is 0 Å². The first-order chi connectivity index (χ1) is 10.2. The van der Waals surface area contributed by atoms with Crippen LogP contribution in [-0.2, 0) is 19.6 Å². The Morgan fingerprint density at radius 1 is 0.905 bits per heavy atom. The van der Waals surface area contributed by atoms with Gasteiger partial charge in [0.25, 0.3) is 0 Å². The molecule has 0 fully saturated rings. The van der Waals surface area contributed by atoms with Crippen LogP contribution in [0.15, 0.2) is 48.5 Å². The second kappa shape index (κ2) is 7.91. The standard InChI is InChI=1S/C18H23FN2/c1-3-20-12-15-8-4-5-9-16(15)13-21(2)14-17-10-6-7-11-18(17)19/h4-11,20H,3,12-14H2,1-2H3. The van der Waals surface area contributed by atoms with Crippen molar-refractivity contribution in [1.29, 1.82) is 0 Å². The molecular formula is C18H23FN2. The monoisotopic (exact) mass is 286 g/mol. The third-order valence-electron chi connectivity index (χ3n) is 3.52. The molecule has 112 valence electrons. The van der Waals surface area contributed by atoms with Crippen molar-refractivity contribution in [3.05, 3.63) is 71.0 Å². The molecule has 2 nitrogen and oxygen atoms in total. The Labute approximate surface area is 126 Å². The Kier molecular flexibility index (Phi) is 5.90. The van der Waals surface area contributed by atoms with Crippen molar-refractivity contribution in [2.75, 3.05) is 13.6 Å². The van der Waals surface area contributed by atoms with E-state index in [4.69, 9.17) is 0 Å². The second-order valence-corrected chi connectivity index (χ2v) is 5.31. The number of nitrogens with one attached hydrogen (secondary N) is 1. The van der Waals surface area contributed by atoms with E-state index in [1.165, 1.54) is 17.2 Å². The third kappa shape index (κ3) is 4.66. The minimum absolute atomic E-state index is 0.134. The fourth-order valence-corrected chi connectivity index (χ4v) is 2.41. The van der Waals surface area contributed by atoms with Crippen molar-refractivity contribution in [2.24, 2.45) is 0 Å². The lowest BCUT2D eigenvalue weighted by Crippen LogP contribution is -2.20. The number of hydrogen-bond acceptors (Lipinski definition) is 2. The van der Waals surface area contributed by atoms with Crippen molar-refractivity contribution in [1.82, 2.24) is 10.2 Å². The molecule has 0 spiro atoms. The minimum Gasteiger partial charge on any atom is -0.313 e. The summed E-state index contributed by atoms with van der Waals surface area (Å²) in [7, 11) is 2.02. The molecule has 0 radical (unpaired) electrons.